The SMILES string of the molecule is CC(C)(C)[Si](C)(C)O[C@H]1C=C[C@H](O)C[C@@H]1Br. The van der Waals surface area contributed by atoms with Gasteiger partial charge < -0.3 is 9.53 Å². The van der Waals surface area contributed by atoms with Gasteiger partial charge in [-0.25, -0.2) is 0 Å². The largest absolute Gasteiger partial charge is 0.409 e. The highest BCUT2D eigenvalue weighted by Gasteiger charge is 2.40. The van der Waals surface area contributed by atoms with E-state index in [1.165, 1.54) is 0 Å². The van der Waals surface area contributed by atoms with Gasteiger partial charge in [0.05, 0.1) is 12.2 Å². The minimum Gasteiger partial charge on any atom is -0.409 e. The Morgan fingerprint density at radius 2 is 1.88 bits per heavy atom. The monoisotopic (exact) mass is 306 g/mol. The molecule has 1 N–H and O–H groups in total. The van der Waals surface area contributed by atoms with Crippen LogP contribution in [0.5, 0.6) is 0 Å². The lowest BCUT2D eigenvalue weighted by atomic mass is 10.0. The van der Waals surface area contributed by atoms with E-state index in [0.29, 0.717) is 0 Å². The van der Waals surface area contributed by atoms with Gasteiger partial charge in [0.25, 0.3) is 0 Å². The van der Waals surface area contributed by atoms with Crippen LogP contribution in [-0.4, -0.2) is 30.5 Å². The Morgan fingerprint density at radius 3 is 2.31 bits per heavy atom. The molecular weight excluding hydrogens is 284 g/mol. The molecule has 94 valence electrons. The van der Waals surface area contributed by atoms with Crippen molar-refractivity contribution in [3.63, 3.8) is 0 Å². The Kier molecular flexibility index (Phi) is 4.44. The van der Waals surface area contributed by atoms with E-state index in [-0.39, 0.29) is 22.1 Å². The molecule has 1 aliphatic rings. The molecule has 0 aromatic rings. The van der Waals surface area contributed by atoms with Gasteiger partial charge in [0.15, 0.2) is 8.32 Å². The molecule has 0 amide bonds. The zero-order valence-electron chi connectivity index (χ0n) is 10.8. The van der Waals surface area contributed by atoms with Crippen molar-refractivity contribution in [2.45, 2.75) is 62.4 Å². The molecule has 0 aliphatic heterocycles. The van der Waals surface area contributed by atoms with Crippen molar-refractivity contribution in [2.75, 3.05) is 0 Å². The van der Waals surface area contributed by atoms with Gasteiger partial charge in [0, 0.05) is 4.83 Å². The molecule has 0 bridgehead atoms. The van der Waals surface area contributed by atoms with Crippen molar-refractivity contribution in [2.24, 2.45) is 0 Å². The van der Waals surface area contributed by atoms with Gasteiger partial charge in [-0.3, -0.25) is 0 Å². The van der Waals surface area contributed by atoms with Gasteiger partial charge >= 0.3 is 0 Å². The minimum atomic E-state index is -1.72. The molecule has 0 spiro atoms. The zero-order valence-corrected chi connectivity index (χ0v) is 13.4. The maximum Gasteiger partial charge on any atom is 0.192 e. The second-order valence-electron chi connectivity index (χ2n) is 6.05. The Bertz CT molecular complexity index is 271. The van der Waals surface area contributed by atoms with E-state index in [2.05, 4.69) is 49.8 Å². The summed E-state index contributed by atoms with van der Waals surface area (Å²) in [6, 6.07) is 0. The Balaban J connectivity index is 2.71. The minimum absolute atomic E-state index is 0.101. The Hall–Kier alpha value is 0.357. The first kappa shape index (κ1) is 14.4. The molecular formula is C12H23BrO2Si. The number of aliphatic hydroxyl groups excluding tert-OH is 1. The van der Waals surface area contributed by atoms with Crippen LogP contribution in [-0.2, 0) is 4.43 Å². The van der Waals surface area contributed by atoms with Gasteiger partial charge in [-0.05, 0) is 24.6 Å². The third kappa shape index (κ3) is 3.42. The van der Waals surface area contributed by atoms with E-state index in [1.54, 1.807) is 0 Å². The molecule has 2 nitrogen and oxygen atoms in total. The lowest BCUT2D eigenvalue weighted by Gasteiger charge is -2.40. The van der Waals surface area contributed by atoms with Crippen LogP contribution >= 0.6 is 15.9 Å². The van der Waals surface area contributed by atoms with Crippen LogP contribution in [0, 0.1) is 0 Å². The second kappa shape index (κ2) is 4.92. The Morgan fingerprint density at radius 1 is 1.31 bits per heavy atom. The summed E-state index contributed by atoms with van der Waals surface area (Å²) in [7, 11) is -1.72. The number of rotatable bonds is 2. The number of alkyl halides is 1. The van der Waals surface area contributed by atoms with Crippen molar-refractivity contribution >= 4 is 24.2 Å². The van der Waals surface area contributed by atoms with Crippen LogP contribution in [0.2, 0.25) is 18.1 Å². The molecule has 4 heteroatoms. The summed E-state index contributed by atoms with van der Waals surface area (Å²) in [5.74, 6) is 0. The first-order valence-corrected chi connectivity index (χ1v) is 9.64. The molecule has 0 fully saturated rings. The second-order valence-corrected chi connectivity index (χ2v) is 12.0. The van der Waals surface area contributed by atoms with Gasteiger partial charge in [-0.2, -0.15) is 0 Å². The lowest BCUT2D eigenvalue weighted by Crippen LogP contribution is -2.46. The molecule has 0 heterocycles. The van der Waals surface area contributed by atoms with E-state index < -0.39 is 8.32 Å². The fourth-order valence-corrected chi connectivity index (χ4v) is 3.57. The maximum absolute atomic E-state index is 9.49. The van der Waals surface area contributed by atoms with Gasteiger partial charge in [-0.1, -0.05) is 48.9 Å². The predicted molar refractivity (Wildman–Crippen MR) is 74.5 cm³/mol. The van der Waals surface area contributed by atoms with E-state index in [0.717, 1.165) is 6.42 Å². The summed E-state index contributed by atoms with van der Waals surface area (Å²) in [4.78, 5) is 0.224. The maximum atomic E-state index is 9.49. The van der Waals surface area contributed by atoms with E-state index in [4.69, 9.17) is 4.43 Å². The van der Waals surface area contributed by atoms with E-state index in [1.807, 2.05) is 12.2 Å². The summed E-state index contributed by atoms with van der Waals surface area (Å²) >= 11 is 3.60. The highest BCUT2D eigenvalue weighted by Crippen LogP contribution is 2.39. The summed E-state index contributed by atoms with van der Waals surface area (Å²) in [6.45, 7) is 11.2. The van der Waals surface area contributed by atoms with Crippen molar-refractivity contribution in [1.82, 2.24) is 0 Å². The normalized spacial score (nSPS) is 31.8. The molecule has 0 saturated carbocycles. The number of aliphatic hydroxyl groups is 1. The third-order valence-corrected chi connectivity index (χ3v) is 8.95. The summed E-state index contributed by atoms with van der Waals surface area (Å²) in [5.41, 5.74) is 0. The van der Waals surface area contributed by atoms with Gasteiger partial charge in [0.2, 0.25) is 0 Å². The fraction of sp³-hybridized carbons (Fsp3) is 0.833. The van der Waals surface area contributed by atoms with Crippen LogP contribution in [0.4, 0.5) is 0 Å². The van der Waals surface area contributed by atoms with Crippen molar-refractivity contribution in [3.05, 3.63) is 12.2 Å². The first-order chi connectivity index (χ1) is 7.13. The zero-order chi connectivity index (χ0) is 12.6. The standard InChI is InChI=1S/C12H23BrO2Si/c1-12(2,3)16(4,5)15-11-7-6-9(14)8-10(11)13/h6-7,9-11,14H,8H2,1-5H3/t9-,10-,11-/m0/s1. The van der Waals surface area contributed by atoms with Crippen LogP contribution in [0.25, 0.3) is 0 Å². The highest BCUT2D eigenvalue weighted by atomic mass is 79.9. The van der Waals surface area contributed by atoms with Crippen molar-refractivity contribution in [3.8, 4) is 0 Å². The average molecular weight is 307 g/mol. The van der Waals surface area contributed by atoms with E-state index >= 15 is 0 Å². The smallest absolute Gasteiger partial charge is 0.192 e. The topological polar surface area (TPSA) is 29.5 Å². The van der Waals surface area contributed by atoms with Crippen molar-refractivity contribution < 1.29 is 9.53 Å². The summed E-state index contributed by atoms with van der Waals surface area (Å²) in [6.07, 6.45) is 4.34. The molecule has 1 aliphatic carbocycles. The van der Waals surface area contributed by atoms with Crippen LogP contribution < -0.4 is 0 Å². The summed E-state index contributed by atoms with van der Waals surface area (Å²) < 4.78 is 6.30. The van der Waals surface area contributed by atoms with Gasteiger partial charge in [0.1, 0.15) is 0 Å². The van der Waals surface area contributed by atoms with E-state index in [9.17, 15) is 5.11 Å². The predicted octanol–water partition coefficient (Wildman–Crippen LogP) is 3.46. The number of halogens is 1. The highest BCUT2D eigenvalue weighted by molar-refractivity contribution is 9.09. The average Bonchev–Trinajstić information content (AvgIpc) is 2.08. The van der Waals surface area contributed by atoms with Gasteiger partial charge in [-0.15, -0.1) is 0 Å². The molecule has 0 aromatic heterocycles. The molecule has 0 radical (unpaired) electrons. The van der Waals surface area contributed by atoms with Crippen LogP contribution in [0.1, 0.15) is 27.2 Å². The lowest BCUT2D eigenvalue weighted by molar-refractivity contribution is 0.157. The molecule has 0 unspecified atom stereocenters. The molecule has 0 saturated heterocycles. The number of hydrogen-bond acceptors (Lipinski definition) is 2. The molecule has 3 atom stereocenters. The molecule has 16 heavy (non-hydrogen) atoms. The first-order valence-electron chi connectivity index (χ1n) is 5.82. The molecule has 0 aromatic carbocycles. The number of hydrogen-bond donors (Lipinski definition) is 1. The fourth-order valence-electron chi connectivity index (χ4n) is 1.43. The Labute approximate surface area is 108 Å². The van der Waals surface area contributed by atoms with Crippen LogP contribution in [0.15, 0.2) is 12.2 Å². The summed E-state index contributed by atoms with van der Waals surface area (Å²) in [5, 5.41) is 9.72. The van der Waals surface area contributed by atoms with Crippen LogP contribution in [0.3, 0.4) is 0 Å². The quantitative estimate of drug-likeness (QED) is 0.481. The third-order valence-electron chi connectivity index (χ3n) is 3.58. The van der Waals surface area contributed by atoms with Crippen molar-refractivity contribution in [1.29, 1.82) is 0 Å². The molecule has 1 rings (SSSR count).